The Labute approximate surface area is 180 Å². The van der Waals surface area contributed by atoms with Crippen molar-refractivity contribution in [2.45, 2.75) is 6.54 Å². The van der Waals surface area contributed by atoms with Gasteiger partial charge in [-0.2, -0.15) is 15.2 Å². The highest BCUT2D eigenvalue weighted by Gasteiger charge is 2.25. The maximum Gasteiger partial charge on any atom is 0.241 e. The minimum absolute atomic E-state index is 0.0536. The van der Waals surface area contributed by atoms with Gasteiger partial charge in [-0.1, -0.05) is 0 Å². The van der Waals surface area contributed by atoms with Gasteiger partial charge in [0.25, 0.3) is 0 Å². The van der Waals surface area contributed by atoms with E-state index in [0.29, 0.717) is 35.8 Å². The maximum atomic E-state index is 15.3. The Hall–Kier alpha value is -3.93. The molecule has 0 atom stereocenters. The second-order valence-corrected chi connectivity index (χ2v) is 7.38. The molecular formula is C20H19F2N9O. The second kappa shape index (κ2) is 7.96. The number of nitrogens with zero attached hydrogens (tertiary/aromatic N) is 7. The number of anilines is 3. The highest BCUT2D eigenvalue weighted by atomic mass is 19.1. The normalized spacial score (nSPS) is 14.3. The van der Waals surface area contributed by atoms with Crippen molar-refractivity contribution in [1.29, 1.82) is 0 Å². The number of rotatable bonds is 5. The van der Waals surface area contributed by atoms with E-state index < -0.39 is 11.6 Å². The van der Waals surface area contributed by atoms with Crippen LogP contribution in [0.25, 0.3) is 11.0 Å². The van der Waals surface area contributed by atoms with Crippen LogP contribution in [0.2, 0.25) is 0 Å². The number of aryl methyl sites for hydroxylation is 1. The summed E-state index contributed by atoms with van der Waals surface area (Å²) in [4.78, 5) is 22.2. The molecule has 0 radical (unpaired) electrons. The van der Waals surface area contributed by atoms with Crippen molar-refractivity contribution in [3.8, 4) is 0 Å². The summed E-state index contributed by atoms with van der Waals surface area (Å²) < 4.78 is 32.9. The van der Waals surface area contributed by atoms with Crippen LogP contribution in [0.15, 0.2) is 36.9 Å². The van der Waals surface area contributed by atoms with Gasteiger partial charge in [0.1, 0.15) is 5.82 Å². The molecule has 12 heteroatoms. The van der Waals surface area contributed by atoms with E-state index in [2.05, 4.69) is 30.8 Å². The molecule has 1 fully saturated rings. The lowest BCUT2D eigenvalue weighted by molar-refractivity contribution is -0.118. The molecule has 164 valence electrons. The Morgan fingerprint density at radius 1 is 1.19 bits per heavy atom. The van der Waals surface area contributed by atoms with Crippen LogP contribution < -0.4 is 15.5 Å². The number of carbonyl (C=O) groups is 1. The predicted molar refractivity (Wildman–Crippen MR) is 112 cm³/mol. The molecule has 32 heavy (non-hydrogen) atoms. The smallest absolute Gasteiger partial charge is 0.241 e. The number of halogens is 2. The Balaban J connectivity index is 1.48. The van der Waals surface area contributed by atoms with E-state index >= 15 is 4.39 Å². The van der Waals surface area contributed by atoms with Crippen LogP contribution in [-0.4, -0.2) is 55.1 Å². The summed E-state index contributed by atoms with van der Waals surface area (Å²) in [7, 11) is 1.79. The van der Waals surface area contributed by atoms with Crippen LogP contribution in [0.4, 0.5) is 26.1 Å². The lowest BCUT2D eigenvalue weighted by Gasteiger charge is -2.28. The van der Waals surface area contributed by atoms with Crippen LogP contribution in [0.1, 0.15) is 5.56 Å². The minimum atomic E-state index is -0.785. The molecule has 0 aliphatic carbocycles. The number of amides is 1. The zero-order valence-corrected chi connectivity index (χ0v) is 17.1. The Morgan fingerprint density at radius 2 is 2.06 bits per heavy atom. The zero-order chi connectivity index (χ0) is 22.2. The van der Waals surface area contributed by atoms with Gasteiger partial charge in [-0.25, -0.2) is 18.4 Å². The molecule has 1 aliphatic heterocycles. The van der Waals surface area contributed by atoms with Gasteiger partial charge in [0, 0.05) is 38.1 Å². The molecule has 1 aromatic carbocycles. The van der Waals surface area contributed by atoms with Gasteiger partial charge in [-0.15, -0.1) is 0 Å². The van der Waals surface area contributed by atoms with Crippen LogP contribution in [0.3, 0.4) is 0 Å². The molecule has 0 bridgehead atoms. The Bertz CT molecular complexity index is 1320. The first-order valence-corrected chi connectivity index (χ1v) is 9.92. The fourth-order valence-electron chi connectivity index (χ4n) is 3.61. The molecule has 0 saturated carbocycles. The summed E-state index contributed by atoms with van der Waals surface area (Å²) in [6.45, 7) is 0.756. The van der Waals surface area contributed by atoms with Crippen molar-refractivity contribution in [3.63, 3.8) is 0 Å². The van der Waals surface area contributed by atoms with E-state index in [9.17, 15) is 9.18 Å². The van der Waals surface area contributed by atoms with Crippen molar-refractivity contribution in [2.75, 3.05) is 29.9 Å². The van der Waals surface area contributed by atoms with Crippen molar-refractivity contribution in [1.82, 2.24) is 34.8 Å². The molecule has 1 aliphatic rings. The molecular weight excluding hydrogens is 420 g/mol. The van der Waals surface area contributed by atoms with E-state index in [1.807, 2.05) is 0 Å². The molecule has 10 nitrogen and oxygen atoms in total. The van der Waals surface area contributed by atoms with Gasteiger partial charge in [0.15, 0.2) is 11.5 Å². The van der Waals surface area contributed by atoms with Crippen LogP contribution >= 0.6 is 0 Å². The standard InChI is InChI=1S/C20H19F2N9O/c1-29-10-13(8-25-29)27-20-24-6-12-7-26-31(19(12)28-20)11-14-15(21)2-3-16(18(14)22)30-5-4-23-9-17(30)32/h2-3,6-8,10,23H,4-5,9,11H2,1H3,(H,24,27,28). The summed E-state index contributed by atoms with van der Waals surface area (Å²) in [5.74, 6) is -1.48. The largest absolute Gasteiger partial charge is 0.321 e. The lowest BCUT2D eigenvalue weighted by Crippen LogP contribution is -2.48. The summed E-state index contributed by atoms with van der Waals surface area (Å²) in [6.07, 6.45) is 6.49. The minimum Gasteiger partial charge on any atom is -0.321 e. The van der Waals surface area contributed by atoms with Gasteiger partial charge in [0.05, 0.1) is 42.2 Å². The van der Waals surface area contributed by atoms with Crippen molar-refractivity contribution in [2.24, 2.45) is 7.05 Å². The number of hydrogen-bond acceptors (Lipinski definition) is 7. The van der Waals surface area contributed by atoms with Gasteiger partial charge >= 0.3 is 0 Å². The van der Waals surface area contributed by atoms with Crippen LogP contribution in [0, 0.1) is 11.6 Å². The fourth-order valence-corrected chi connectivity index (χ4v) is 3.61. The van der Waals surface area contributed by atoms with E-state index in [1.54, 1.807) is 30.3 Å². The molecule has 0 unspecified atom stereocenters. The zero-order valence-electron chi connectivity index (χ0n) is 17.1. The average Bonchev–Trinajstić information content (AvgIpc) is 3.37. The first kappa shape index (κ1) is 20.0. The summed E-state index contributed by atoms with van der Waals surface area (Å²) in [5.41, 5.74) is 0.967. The van der Waals surface area contributed by atoms with E-state index in [-0.39, 0.29) is 30.2 Å². The molecule has 2 N–H and O–H groups in total. The number of piperazine rings is 1. The SMILES string of the molecule is Cn1cc(Nc2ncc3cnn(Cc4c(F)ccc(N5CCNCC5=O)c4F)c3n2)cn1. The van der Waals surface area contributed by atoms with Crippen LogP contribution in [0.5, 0.6) is 0 Å². The highest BCUT2D eigenvalue weighted by molar-refractivity contribution is 5.95. The Kier molecular flexibility index (Phi) is 4.98. The number of aromatic nitrogens is 6. The van der Waals surface area contributed by atoms with E-state index in [1.165, 1.54) is 27.9 Å². The first-order valence-electron chi connectivity index (χ1n) is 9.92. The maximum absolute atomic E-state index is 15.3. The highest BCUT2D eigenvalue weighted by Crippen LogP contribution is 2.27. The van der Waals surface area contributed by atoms with Crippen molar-refractivity contribution in [3.05, 3.63) is 54.1 Å². The lowest BCUT2D eigenvalue weighted by atomic mass is 10.1. The summed E-state index contributed by atoms with van der Waals surface area (Å²) in [6, 6.07) is 2.45. The third kappa shape index (κ3) is 3.64. The number of nitrogens with one attached hydrogen (secondary N) is 2. The molecule has 0 spiro atoms. The average molecular weight is 439 g/mol. The van der Waals surface area contributed by atoms with Gasteiger partial charge in [-0.05, 0) is 12.1 Å². The van der Waals surface area contributed by atoms with E-state index in [4.69, 9.17) is 0 Å². The van der Waals surface area contributed by atoms with Crippen molar-refractivity contribution < 1.29 is 13.6 Å². The number of fused-ring (bicyclic) bond motifs is 1. The monoisotopic (exact) mass is 439 g/mol. The molecule has 4 heterocycles. The predicted octanol–water partition coefficient (Wildman–Crippen LogP) is 1.57. The van der Waals surface area contributed by atoms with Gasteiger partial charge < -0.3 is 15.5 Å². The first-order chi connectivity index (χ1) is 15.5. The molecule has 1 saturated heterocycles. The van der Waals surface area contributed by atoms with E-state index in [0.717, 1.165) is 0 Å². The summed E-state index contributed by atoms with van der Waals surface area (Å²) in [5, 5.41) is 14.9. The third-order valence-corrected chi connectivity index (χ3v) is 5.19. The Morgan fingerprint density at radius 3 is 2.84 bits per heavy atom. The van der Waals surface area contributed by atoms with Crippen LogP contribution in [-0.2, 0) is 18.4 Å². The topological polar surface area (TPSA) is 106 Å². The third-order valence-electron chi connectivity index (χ3n) is 5.19. The molecule has 4 aromatic rings. The molecule has 1 amide bonds. The second-order valence-electron chi connectivity index (χ2n) is 7.38. The number of benzene rings is 1. The molecule has 3 aromatic heterocycles. The molecule has 5 rings (SSSR count). The summed E-state index contributed by atoms with van der Waals surface area (Å²) >= 11 is 0. The number of carbonyl (C=O) groups excluding carboxylic acids is 1. The number of hydrogen-bond donors (Lipinski definition) is 2. The van der Waals surface area contributed by atoms with Gasteiger partial charge in [0.2, 0.25) is 11.9 Å². The fraction of sp³-hybridized carbons (Fsp3) is 0.250. The quantitative estimate of drug-likeness (QED) is 0.486. The van der Waals surface area contributed by atoms with Gasteiger partial charge in [-0.3, -0.25) is 9.48 Å². The van der Waals surface area contributed by atoms with Crippen molar-refractivity contribution >= 4 is 34.3 Å².